The molecule has 3 fully saturated rings. The second-order valence-electron chi connectivity index (χ2n) is 28.8. The smallest absolute Gasteiger partial charge is 1.00 e. The fraction of sp³-hybridized carbons (Fsp3) is 0.368. The van der Waals surface area contributed by atoms with Gasteiger partial charge in [-0.3, -0.25) is 28.2 Å². The van der Waals surface area contributed by atoms with Crippen molar-refractivity contribution in [2.24, 2.45) is 0 Å². The number of carbonyl (C=O) groups excluding carboxylic acids is 4. The number of aliphatic carboxylic acids is 1. The fourth-order valence-corrected chi connectivity index (χ4v) is 13.7. The molecule has 28 nitrogen and oxygen atoms in total. The Balaban J connectivity index is 0.000000219. The predicted molar refractivity (Wildman–Crippen MR) is 519 cm³/mol. The van der Waals surface area contributed by atoms with E-state index in [1.54, 1.807) is 25.6 Å². The van der Waals surface area contributed by atoms with Crippen LogP contribution < -0.4 is 65.6 Å². The van der Waals surface area contributed by atoms with Gasteiger partial charge in [0.15, 0.2) is 28.0 Å². The Morgan fingerprint density at radius 2 is 1.02 bits per heavy atom. The van der Waals surface area contributed by atoms with E-state index >= 15 is 0 Å². The molecular weight excluding hydrogens is 2080 g/mol. The van der Waals surface area contributed by atoms with Crippen LogP contribution in [0.25, 0.3) is 28.2 Å². The first-order chi connectivity index (χ1) is 59.5. The maximum Gasteiger partial charge on any atom is 1.00 e. The van der Waals surface area contributed by atoms with Gasteiger partial charge in [-0.05, 0) is 184 Å². The maximum atomic E-state index is 10.8. The number of benzene rings is 1. The number of nitrogens with two attached hydrogens (primary N) is 1. The standard InChI is InChI=1S/C18H22N2O.C13H18N4O.C13H16N4O.C9H8Cl2N2.C9H10N2O.C9H8N2O.C6H8N2.C5H12N2.C3H3Cl3O.C2H4O2.3HI.Na.V/c1-13(14-8-10-16(21-2)11-9-14)20-17-7-3-5-15-6-4-12-19-18(15)17;2*1-15-5-7-16(8-6-15)13-4-2-3-12-14-11(10-18)9-17(12)13;1-6-3-2-4-8-12-7(9(10)11)5-13(6)8;2*1-7-3-2-4-9-10-8(6-12)5-11(7)9;1-5-3-2-4-6(7)8-5;1-7-4-2-6-3-5-7;4-1-2(7)3(5)6;1-2(3)4;;;;;/h4,6,8-13,17,20H,3,5,7H2,1-2H3;2-4,9,18H,5-8,10H2,1H3;2-4,9-10H,5-8H2,1H3;2-5,9H,1H3;2-5,12H,6H2,1H3;2-6H,1H3;2-4H,1H3,(H2,7,8);6H,2-5H2,1H3;3H,1H2;1H3,(H,3,4);3*1H;;/q;;;;;;;;;;;;;+1;+3/p-4/t13-,17-;;;;;;;;;;;;;;/m0............../s1. The van der Waals surface area contributed by atoms with E-state index in [1.807, 2.05) is 179 Å². The van der Waals surface area contributed by atoms with Crippen LogP contribution in [0.4, 0.5) is 17.5 Å². The third-order valence-electron chi connectivity index (χ3n) is 19.5. The Morgan fingerprint density at radius 1 is 0.592 bits per heavy atom. The average molecular weight is 2190 g/mol. The molecule has 15 heterocycles. The Kier molecular flexibility index (Phi) is 48.9. The number of aldehydes is 2. The molecule has 0 saturated carbocycles. The number of anilines is 3. The number of fused-ring (bicyclic) bond motifs is 6. The van der Waals surface area contributed by atoms with Crippen LogP contribution in [-0.2, 0) is 34.1 Å². The molecule has 0 spiro atoms. The van der Waals surface area contributed by atoms with Crippen LogP contribution in [0.1, 0.15) is 121 Å². The van der Waals surface area contributed by atoms with Gasteiger partial charge in [-0.1, -0.05) is 101 Å². The number of hydrogen-bond donors (Lipinski definition) is 5. The van der Waals surface area contributed by atoms with E-state index in [-0.39, 0.29) is 59.4 Å². The molecule has 1 aliphatic carbocycles. The Morgan fingerprint density at radius 3 is 1.42 bits per heavy atom. The number of carboxylic acid groups (broad SMARTS) is 1. The number of carbonyl (C=O) groups is 4. The summed E-state index contributed by atoms with van der Waals surface area (Å²) in [7, 11) is 8.14. The number of carboxylic acids is 1. The van der Waals surface area contributed by atoms with Gasteiger partial charge in [0.1, 0.15) is 62.8 Å². The fourth-order valence-electron chi connectivity index (χ4n) is 13.0. The number of methoxy groups -OCH3 is 1. The first-order valence-corrected chi connectivity index (χ1v) is 55.6. The number of aryl methyl sites for hydroxylation is 5. The van der Waals surface area contributed by atoms with Crippen molar-refractivity contribution in [3.05, 3.63) is 251 Å². The van der Waals surface area contributed by atoms with Gasteiger partial charge in [-0.15, -0.1) is 11.6 Å². The number of nitrogens with zero attached hydrogens (tertiary/aromatic N) is 17. The number of halogens is 8. The number of pyridine rings is 7. The van der Waals surface area contributed by atoms with Gasteiger partial charge in [0.05, 0.1) is 55.0 Å². The van der Waals surface area contributed by atoms with E-state index in [1.165, 1.54) is 36.3 Å². The Bertz CT molecular complexity index is 5400. The normalized spacial score (nSPS) is 14.4. The van der Waals surface area contributed by atoms with Gasteiger partial charge in [-0.25, -0.2) is 29.9 Å². The zero-order valence-corrected chi connectivity index (χ0v) is 85.7. The molecule has 17 rings (SSSR count). The second-order valence-corrected chi connectivity index (χ2v) is 66.6. The first-order valence-electron chi connectivity index (χ1n) is 39.8. The summed E-state index contributed by atoms with van der Waals surface area (Å²) in [6.07, 6.45) is 16.1. The molecule has 4 aliphatic rings. The number of piperazine rings is 3. The summed E-state index contributed by atoms with van der Waals surface area (Å²) in [5, 5.41) is 33.9. The van der Waals surface area contributed by atoms with Crippen LogP contribution in [0.2, 0.25) is 0 Å². The van der Waals surface area contributed by atoms with Crippen molar-refractivity contribution in [2.75, 3.05) is 128 Å². The molecule has 3 saturated heterocycles. The van der Waals surface area contributed by atoms with Gasteiger partial charge in [0, 0.05) is 151 Å². The molecule has 0 radical (unpaired) electrons. The van der Waals surface area contributed by atoms with Crippen molar-refractivity contribution < 1.29 is 73.7 Å². The summed E-state index contributed by atoms with van der Waals surface area (Å²) in [5.74, 6) is 2.21. The zero-order valence-electron chi connectivity index (χ0n) is 72.0. The van der Waals surface area contributed by atoms with Crippen molar-refractivity contribution in [1.29, 1.82) is 0 Å². The number of rotatable bonds is 13. The predicted octanol–water partition coefficient (Wildman–Crippen LogP) is 11.5. The number of alkyl halides is 5. The average Bonchev–Trinajstić information content (AvgIpc) is 1.62. The monoisotopic (exact) mass is 2190 g/mol. The molecule has 3 aliphatic heterocycles. The molecule has 38 heteroatoms. The summed E-state index contributed by atoms with van der Waals surface area (Å²) in [5.41, 5.74) is 20.9. The molecule has 0 unspecified atom stereocenters. The SMILES string of the molecule is CC(=O)[O-].CN1CCN(c2cccc3nc(C=O)cn23)CC1.CN1CCN(c2cccc3nc(CO)cn23)CC1.CN1CCNCC1.COc1ccc([C@H](C)N[C@H]2CCCc3cccnc32)cc1.Cc1cccc(N)n1.Cc1cccc2nc(C(Cl)Cl)cn12.Cc1cccc2nc(C=O)cn12.Cc1cccc2nc(CO)cn12.O=C(CCl)C(Cl)Cl.[I][V]([I])[I].[Na+]. The van der Waals surface area contributed by atoms with Crippen molar-refractivity contribution in [3.8, 4) is 5.75 Å². The number of ether oxygens (including phenoxy) is 1. The van der Waals surface area contributed by atoms with Crippen molar-refractivity contribution in [1.82, 2.24) is 82.2 Å². The first kappa shape index (κ1) is 107. The van der Waals surface area contributed by atoms with Gasteiger partial charge in [-0.2, -0.15) is 0 Å². The summed E-state index contributed by atoms with van der Waals surface area (Å²) >= 11 is 34.0. The largest absolute Gasteiger partial charge is 1.00 e. The van der Waals surface area contributed by atoms with E-state index in [9.17, 15) is 19.5 Å². The minimum atomic E-state index is -1.08. The molecule has 12 aromatic heterocycles. The van der Waals surface area contributed by atoms with Gasteiger partial charge >= 0.3 is 94.4 Å². The minimum Gasteiger partial charge on any atom is 1.00 e. The summed E-state index contributed by atoms with van der Waals surface area (Å²) < 4.78 is 15.1. The van der Waals surface area contributed by atoms with Gasteiger partial charge in [0.2, 0.25) is 0 Å². The molecule has 1 aromatic carbocycles. The van der Waals surface area contributed by atoms with Gasteiger partial charge < -0.3 is 78.9 Å². The summed E-state index contributed by atoms with van der Waals surface area (Å²) in [6.45, 7) is 24.2. The summed E-state index contributed by atoms with van der Waals surface area (Å²) in [6, 6.07) is 48.4. The van der Waals surface area contributed by atoms with Crippen LogP contribution in [0.3, 0.4) is 0 Å². The van der Waals surface area contributed by atoms with Crippen molar-refractivity contribution in [2.45, 2.75) is 95.8 Å². The van der Waals surface area contributed by atoms with Crippen LogP contribution in [-0.4, -0.2) is 224 Å². The molecule has 666 valence electrons. The molecule has 0 amide bonds. The Labute approximate surface area is 815 Å². The molecular formula is C87H108Cl5I3N20NaO8V. The third kappa shape index (κ3) is 36.1. The van der Waals surface area contributed by atoms with E-state index in [0.29, 0.717) is 40.7 Å². The number of imidazole rings is 5. The Hall–Kier alpha value is -6.41. The number of aromatic nitrogens is 12. The van der Waals surface area contributed by atoms with Gasteiger partial charge in [0.25, 0.3) is 0 Å². The van der Waals surface area contributed by atoms with Crippen molar-refractivity contribution in [3.63, 3.8) is 0 Å². The van der Waals surface area contributed by atoms with Crippen molar-refractivity contribution >= 4 is 188 Å². The number of hydrogen-bond acceptors (Lipinski definition) is 23. The number of likely N-dealkylation sites (N-methyl/N-ethyl adjacent to an activating group) is 3. The van der Waals surface area contributed by atoms with E-state index in [4.69, 9.17) is 83.5 Å². The molecule has 125 heavy (non-hydrogen) atoms. The van der Waals surface area contributed by atoms with Crippen LogP contribution >= 0.6 is 118 Å². The maximum absolute atomic E-state index is 10.8. The zero-order chi connectivity index (χ0) is 90.4. The molecule has 13 aromatic rings. The second kappa shape index (κ2) is 56.9. The topological polar surface area (TPSA) is 320 Å². The number of aliphatic hydroxyl groups is 2. The van der Waals surface area contributed by atoms with E-state index in [0.717, 1.165) is 172 Å². The number of nitrogens with one attached hydrogen (secondary N) is 2. The summed E-state index contributed by atoms with van der Waals surface area (Å²) in [4.78, 5) is 79.9. The quantitative estimate of drug-likeness (QED) is 0.0310. The number of Topliss-reactive ketones (excluding diaryl/α,β-unsaturated/α-hetero) is 1. The van der Waals surface area contributed by atoms with E-state index < -0.39 is 15.6 Å². The number of nitrogen functional groups attached to an aromatic ring is 1. The van der Waals surface area contributed by atoms with Crippen LogP contribution in [0.15, 0.2) is 183 Å². The molecule has 0 bridgehead atoms. The molecule has 2 atom stereocenters. The number of aliphatic hydroxyl groups excluding tert-OH is 2. The van der Waals surface area contributed by atoms with E-state index in [2.05, 4.69) is 193 Å². The minimum absolute atomic E-state index is 0. The number of ketones is 1. The van der Waals surface area contributed by atoms with Crippen LogP contribution in [0, 0.1) is 27.7 Å². The molecule has 6 N–H and O–H groups in total. The third-order valence-corrected chi connectivity index (χ3v) is 20.7. The van der Waals surface area contributed by atoms with Crippen LogP contribution in [0.5, 0.6) is 5.75 Å².